The molecule has 0 radical (unpaired) electrons. The Morgan fingerprint density at radius 1 is 0.576 bits per heavy atom. The van der Waals surface area contributed by atoms with Crippen LogP contribution in [0.1, 0.15) is 25.0 Å². The molecule has 0 atom stereocenters. The highest BCUT2D eigenvalue weighted by Gasteiger charge is 2.37. The minimum Gasteiger partial charge on any atom is -0.256 e. The molecule has 0 amide bonds. The number of rotatable bonds is 1. The van der Waals surface area contributed by atoms with Crippen molar-refractivity contribution < 1.29 is 0 Å². The van der Waals surface area contributed by atoms with E-state index in [4.69, 9.17) is 0 Å². The lowest BCUT2D eigenvalue weighted by Gasteiger charge is -2.25. The Bertz CT molecular complexity index is 1690. The van der Waals surface area contributed by atoms with Crippen LogP contribution in [0.25, 0.3) is 54.7 Å². The van der Waals surface area contributed by atoms with Gasteiger partial charge in [0.05, 0.1) is 5.69 Å². The molecule has 156 valence electrons. The molecular formula is C32H23N. The number of hydrogen-bond donors (Lipinski definition) is 0. The monoisotopic (exact) mass is 421 g/mol. The van der Waals surface area contributed by atoms with Crippen molar-refractivity contribution in [3.63, 3.8) is 0 Å². The van der Waals surface area contributed by atoms with Crippen molar-refractivity contribution in [2.24, 2.45) is 0 Å². The third-order valence-corrected chi connectivity index (χ3v) is 7.48. The summed E-state index contributed by atoms with van der Waals surface area (Å²) in [5.74, 6) is 0. The van der Waals surface area contributed by atoms with E-state index in [2.05, 4.69) is 110 Å². The quantitative estimate of drug-likeness (QED) is 0.242. The molecular weight excluding hydrogens is 398 g/mol. The molecule has 33 heavy (non-hydrogen) atoms. The van der Waals surface area contributed by atoms with E-state index in [-0.39, 0.29) is 5.41 Å². The fourth-order valence-electron chi connectivity index (χ4n) is 5.99. The first kappa shape index (κ1) is 18.6. The van der Waals surface area contributed by atoms with Crippen LogP contribution in [0.3, 0.4) is 0 Å². The van der Waals surface area contributed by atoms with Gasteiger partial charge in [0.25, 0.3) is 0 Å². The first-order valence-electron chi connectivity index (χ1n) is 11.6. The van der Waals surface area contributed by atoms with Crippen LogP contribution in [-0.4, -0.2) is 4.98 Å². The Morgan fingerprint density at radius 3 is 1.88 bits per heavy atom. The average molecular weight is 422 g/mol. The molecule has 0 aliphatic heterocycles. The van der Waals surface area contributed by atoms with Gasteiger partial charge in [-0.25, -0.2) is 0 Å². The summed E-state index contributed by atoms with van der Waals surface area (Å²) in [7, 11) is 0. The fourth-order valence-corrected chi connectivity index (χ4v) is 5.99. The second kappa shape index (κ2) is 6.52. The molecule has 0 fully saturated rings. The average Bonchev–Trinajstić information content (AvgIpc) is 3.11. The highest BCUT2D eigenvalue weighted by atomic mass is 14.7. The summed E-state index contributed by atoms with van der Waals surface area (Å²) < 4.78 is 0. The molecule has 6 aromatic rings. The van der Waals surface area contributed by atoms with Gasteiger partial charge in [-0.05, 0) is 72.8 Å². The van der Waals surface area contributed by atoms with Crippen molar-refractivity contribution >= 4 is 32.3 Å². The molecule has 1 aromatic heterocycles. The van der Waals surface area contributed by atoms with Crippen LogP contribution in [0.4, 0.5) is 0 Å². The molecule has 0 bridgehead atoms. The maximum atomic E-state index is 4.60. The number of pyridine rings is 1. The maximum Gasteiger partial charge on any atom is 0.0702 e. The summed E-state index contributed by atoms with van der Waals surface area (Å²) in [5.41, 5.74) is 7.60. The summed E-state index contributed by atoms with van der Waals surface area (Å²) in [4.78, 5) is 4.60. The van der Waals surface area contributed by atoms with Gasteiger partial charge in [-0.2, -0.15) is 0 Å². The Morgan fingerprint density at radius 2 is 1.18 bits per heavy atom. The molecule has 0 spiro atoms. The highest BCUT2D eigenvalue weighted by molar-refractivity contribution is 6.27. The molecule has 0 saturated carbocycles. The van der Waals surface area contributed by atoms with Crippen LogP contribution >= 0.6 is 0 Å². The van der Waals surface area contributed by atoms with Gasteiger partial charge in [0, 0.05) is 17.2 Å². The molecule has 1 heterocycles. The minimum atomic E-state index is -0.111. The van der Waals surface area contributed by atoms with Crippen molar-refractivity contribution in [3.05, 3.63) is 114 Å². The number of benzene rings is 5. The Hall–Kier alpha value is -3.97. The summed E-state index contributed by atoms with van der Waals surface area (Å²) >= 11 is 0. The molecule has 1 aliphatic carbocycles. The van der Waals surface area contributed by atoms with Crippen molar-refractivity contribution in [1.29, 1.82) is 0 Å². The van der Waals surface area contributed by atoms with Crippen LogP contribution in [0.2, 0.25) is 0 Å². The molecule has 1 aliphatic rings. The first-order chi connectivity index (χ1) is 16.1. The summed E-state index contributed by atoms with van der Waals surface area (Å²) in [6.45, 7) is 4.76. The van der Waals surface area contributed by atoms with E-state index in [1.54, 1.807) is 0 Å². The van der Waals surface area contributed by atoms with Crippen LogP contribution in [0.5, 0.6) is 0 Å². The fraction of sp³-hybridized carbons (Fsp3) is 0.0938. The van der Waals surface area contributed by atoms with Gasteiger partial charge in [-0.15, -0.1) is 0 Å². The smallest absolute Gasteiger partial charge is 0.0702 e. The minimum absolute atomic E-state index is 0.111. The molecule has 1 heteroatoms. The van der Waals surface area contributed by atoms with E-state index >= 15 is 0 Å². The lowest BCUT2D eigenvalue weighted by molar-refractivity contribution is 0.667. The van der Waals surface area contributed by atoms with Gasteiger partial charge in [0.2, 0.25) is 0 Å². The zero-order valence-corrected chi connectivity index (χ0v) is 18.8. The van der Waals surface area contributed by atoms with Crippen LogP contribution in [-0.2, 0) is 5.41 Å². The second-order valence-corrected chi connectivity index (χ2v) is 9.60. The molecule has 7 rings (SSSR count). The molecule has 0 N–H and O–H groups in total. The molecule has 0 saturated heterocycles. The van der Waals surface area contributed by atoms with Gasteiger partial charge in [0.1, 0.15) is 0 Å². The lowest BCUT2D eigenvalue weighted by Crippen LogP contribution is -2.16. The van der Waals surface area contributed by atoms with E-state index in [0.717, 1.165) is 5.69 Å². The molecule has 5 aromatic carbocycles. The Kier molecular flexibility index (Phi) is 3.67. The van der Waals surface area contributed by atoms with Crippen LogP contribution in [0, 0.1) is 0 Å². The third kappa shape index (κ3) is 2.45. The lowest BCUT2D eigenvalue weighted by atomic mass is 9.78. The number of nitrogens with zero attached hydrogens (tertiary/aromatic N) is 1. The predicted octanol–water partition coefficient (Wildman–Crippen LogP) is 8.51. The van der Waals surface area contributed by atoms with Crippen molar-refractivity contribution in [1.82, 2.24) is 4.98 Å². The SMILES string of the molecule is CC1(C)c2cc(-c3ccccn3)ccc2-c2ccc3c4ccccc4c4ccccc4c3c21. The summed E-state index contributed by atoms with van der Waals surface area (Å²) in [6, 6.07) is 35.4. The van der Waals surface area contributed by atoms with E-state index < -0.39 is 0 Å². The largest absolute Gasteiger partial charge is 0.256 e. The van der Waals surface area contributed by atoms with Gasteiger partial charge < -0.3 is 0 Å². The summed E-state index contributed by atoms with van der Waals surface area (Å²) in [5, 5.41) is 8.06. The van der Waals surface area contributed by atoms with Gasteiger partial charge in [-0.3, -0.25) is 4.98 Å². The first-order valence-corrected chi connectivity index (χ1v) is 11.6. The normalized spacial score (nSPS) is 14.0. The van der Waals surface area contributed by atoms with Crippen molar-refractivity contribution in [3.8, 4) is 22.4 Å². The highest BCUT2D eigenvalue weighted by Crippen LogP contribution is 2.54. The van der Waals surface area contributed by atoms with Crippen molar-refractivity contribution in [2.45, 2.75) is 19.3 Å². The van der Waals surface area contributed by atoms with Crippen molar-refractivity contribution in [2.75, 3.05) is 0 Å². The maximum absolute atomic E-state index is 4.60. The Labute approximate surface area is 193 Å². The number of aromatic nitrogens is 1. The van der Waals surface area contributed by atoms with Gasteiger partial charge >= 0.3 is 0 Å². The molecule has 1 nitrogen and oxygen atoms in total. The van der Waals surface area contributed by atoms with Crippen LogP contribution in [0.15, 0.2) is 103 Å². The zero-order chi connectivity index (χ0) is 22.2. The van der Waals surface area contributed by atoms with Gasteiger partial charge in [0.15, 0.2) is 0 Å². The van der Waals surface area contributed by atoms with E-state index in [1.807, 2.05) is 12.3 Å². The van der Waals surface area contributed by atoms with E-state index in [9.17, 15) is 0 Å². The van der Waals surface area contributed by atoms with Gasteiger partial charge in [-0.1, -0.05) is 92.7 Å². The number of hydrogen-bond acceptors (Lipinski definition) is 1. The van der Waals surface area contributed by atoms with Crippen LogP contribution < -0.4 is 0 Å². The molecule has 0 unspecified atom stereocenters. The second-order valence-electron chi connectivity index (χ2n) is 9.60. The summed E-state index contributed by atoms with van der Waals surface area (Å²) in [6.07, 6.45) is 1.87. The third-order valence-electron chi connectivity index (χ3n) is 7.48. The Balaban J connectivity index is 1.61. The van der Waals surface area contributed by atoms with E-state index in [0.29, 0.717) is 0 Å². The topological polar surface area (TPSA) is 12.9 Å². The predicted molar refractivity (Wildman–Crippen MR) is 140 cm³/mol. The van der Waals surface area contributed by atoms with E-state index in [1.165, 1.54) is 60.1 Å². The standard InChI is InChI=1S/C32H23N/c1-32(2)28-19-20(29-13-7-8-18-33-29)14-15-24(28)27-17-16-26-23-11-4-3-9-21(23)22-10-5-6-12-25(22)30(26)31(27)32/h3-19H,1-2H3. The number of fused-ring (bicyclic) bond motifs is 10. The zero-order valence-electron chi connectivity index (χ0n) is 18.8.